The van der Waals surface area contributed by atoms with Gasteiger partial charge in [-0.15, -0.1) is 0 Å². The zero-order valence-electron chi connectivity index (χ0n) is 9.53. The zero-order valence-corrected chi connectivity index (χ0v) is 11.1. The number of benzene rings is 1. The highest BCUT2D eigenvalue weighted by atomic mass is 35.5. The Hall–Kier alpha value is -0.770. The third-order valence-electron chi connectivity index (χ3n) is 3.04. The van der Waals surface area contributed by atoms with Crippen molar-refractivity contribution < 1.29 is 0 Å². The fourth-order valence-electron chi connectivity index (χ4n) is 1.61. The lowest BCUT2D eigenvalue weighted by Gasteiger charge is -2.10. The van der Waals surface area contributed by atoms with Gasteiger partial charge in [0.2, 0.25) is 0 Å². The molecule has 17 heavy (non-hydrogen) atoms. The molecule has 0 amide bonds. The molecule has 0 aliphatic heterocycles. The minimum atomic E-state index is 0.335. The van der Waals surface area contributed by atoms with Gasteiger partial charge < -0.3 is 0 Å². The molecule has 0 atom stereocenters. The van der Waals surface area contributed by atoms with Crippen LogP contribution in [0, 0.1) is 0 Å². The highest BCUT2D eigenvalue weighted by Crippen LogP contribution is 2.37. The lowest BCUT2D eigenvalue weighted by Crippen LogP contribution is -2.19. The summed E-state index contributed by atoms with van der Waals surface area (Å²) in [6.07, 6.45) is 2.52. The molecule has 0 radical (unpaired) electrons. The normalized spacial score (nSPS) is 17.3. The molecule has 1 aromatic carbocycles. The van der Waals surface area contributed by atoms with Gasteiger partial charge in [0.05, 0.1) is 5.52 Å². The minimum Gasteiger partial charge on any atom is -0.254 e. The fourth-order valence-corrected chi connectivity index (χ4v) is 2.64. The van der Waals surface area contributed by atoms with Gasteiger partial charge in [0.15, 0.2) is 0 Å². The number of nitrogens with one attached hydrogen (secondary N) is 1. The van der Waals surface area contributed by atoms with Crippen LogP contribution in [0.25, 0.3) is 10.9 Å². The van der Waals surface area contributed by atoms with E-state index in [4.69, 9.17) is 11.6 Å². The number of rotatable bonds is 3. The average Bonchev–Trinajstić information content (AvgIpc) is 3.05. The first-order valence-electron chi connectivity index (χ1n) is 5.65. The topological polar surface area (TPSA) is 24.9 Å². The fraction of sp³-hybridized carbons (Fsp3) is 0.308. The van der Waals surface area contributed by atoms with E-state index in [2.05, 4.69) is 34.8 Å². The summed E-state index contributed by atoms with van der Waals surface area (Å²) >= 11 is 7.57. The lowest BCUT2D eigenvalue weighted by molar-refractivity contribution is 0.701. The van der Waals surface area contributed by atoms with E-state index in [0.29, 0.717) is 10.7 Å². The molecule has 2 aromatic rings. The molecular formula is C13H13ClN2S. The van der Waals surface area contributed by atoms with Gasteiger partial charge in [0, 0.05) is 15.8 Å². The highest BCUT2D eigenvalue weighted by molar-refractivity contribution is 7.97. The Kier molecular flexibility index (Phi) is 2.77. The molecule has 0 saturated heterocycles. The van der Waals surface area contributed by atoms with E-state index in [-0.39, 0.29) is 0 Å². The number of fused-ring (bicyclic) bond motifs is 1. The van der Waals surface area contributed by atoms with Crippen molar-refractivity contribution in [1.29, 1.82) is 0 Å². The molecule has 88 valence electrons. The lowest BCUT2D eigenvalue weighted by atomic mass is 10.2. The third kappa shape index (κ3) is 2.57. The number of nitrogens with zero attached hydrogens (tertiary/aromatic N) is 1. The summed E-state index contributed by atoms with van der Waals surface area (Å²) in [5.74, 6) is 0. The molecule has 0 unspecified atom stereocenters. The molecule has 4 heteroatoms. The third-order valence-corrected chi connectivity index (χ3v) is 4.34. The maximum atomic E-state index is 5.90. The van der Waals surface area contributed by atoms with Crippen LogP contribution in [0.1, 0.15) is 19.8 Å². The summed E-state index contributed by atoms with van der Waals surface area (Å²) in [4.78, 5) is 5.50. The zero-order chi connectivity index (χ0) is 11.9. The van der Waals surface area contributed by atoms with E-state index in [1.165, 1.54) is 17.7 Å². The van der Waals surface area contributed by atoms with Gasteiger partial charge in [-0.1, -0.05) is 17.7 Å². The van der Waals surface area contributed by atoms with Crippen LogP contribution in [0.4, 0.5) is 0 Å². The van der Waals surface area contributed by atoms with Crippen molar-refractivity contribution in [3.63, 3.8) is 0 Å². The van der Waals surface area contributed by atoms with Crippen LogP contribution in [0.2, 0.25) is 5.15 Å². The number of pyridine rings is 1. The van der Waals surface area contributed by atoms with Gasteiger partial charge >= 0.3 is 0 Å². The van der Waals surface area contributed by atoms with Crippen molar-refractivity contribution in [2.45, 2.75) is 30.2 Å². The average molecular weight is 265 g/mol. The molecule has 1 heterocycles. The molecular weight excluding hydrogens is 252 g/mol. The van der Waals surface area contributed by atoms with Crippen molar-refractivity contribution >= 4 is 34.5 Å². The van der Waals surface area contributed by atoms with Crippen molar-refractivity contribution in [2.75, 3.05) is 0 Å². The number of hydrogen-bond donors (Lipinski definition) is 1. The minimum absolute atomic E-state index is 0.335. The first-order chi connectivity index (χ1) is 8.15. The first kappa shape index (κ1) is 11.3. The van der Waals surface area contributed by atoms with E-state index < -0.39 is 0 Å². The van der Waals surface area contributed by atoms with Gasteiger partial charge in [0.1, 0.15) is 5.15 Å². The van der Waals surface area contributed by atoms with Crippen molar-refractivity contribution in [2.24, 2.45) is 0 Å². The van der Waals surface area contributed by atoms with Gasteiger partial charge in [-0.3, -0.25) is 4.72 Å². The molecule has 0 bridgehead atoms. The second-order valence-electron chi connectivity index (χ2n) is 4.75. The van der Waals surface area contributed by atoms with Crippen LogP contribution in [0.3, 0.4) is 0 Å². The van der Waals surface area contributed by atoms with Crippen LogP contribution >= 0.6 is 23.5 Å². The standard InChI is InChI=1S/C13H13ClN2S/c1-13(6-7-13)16-17-10-4-2-9-3-5-12(14)15-11(9)8-10/h2-5,8,16H,6-7H2,1H3. The summed E-state index contributed by atoms with van der Waals surface area (Å²) in [7, 11) is 0. The Morgan fingerprint density at radius 2 is 2.06 bits per heavy atom. The van der Waals surface area contributed by atoms with Gasteiger partial charge in [-0.2, -0.15) is 0 Å². The SMILES string of the molecule is CC1(NSc2ccc3ccc(Cl)nc3c2)CC1. The highest BCUT2D eigenvalue weighted by Gasteiger charge is 2.36. The van der Waals surface area contributed by atoms with E-state index in [0.717, 1.165) is 10.9 Å². The second-order valence-corrected chi connectivity index (χ2v) is 6.02. The molecule has 3 rings (SSSR count). The number of hydrogen-bond acceptors (Lipinski definition) is 3. The summed E-state index contributed by atoms with van der Waals surface area (Å²) in [5, 5.41) is 1.66. The number of halogens is 1. The Bertz CT molecular complexity index is 566. The molecule has 1 aromatic heterocycles. The first-order valence-corrected chi connectivity index (χ1v) is 6.84. The van der Waals surface area contributed by atoms with Crippen molar-refractivity contribution in [3.05, 3.63) is 35.5 Å². The molecule has 1 fully saturated rings. The largest absolute Gasteiger partial charge is 0.254 e. The Morgan fingerprint density at radius 1 is 1.29 bits per heavy atom. The molecule has 1 aliphatic carbocycles. The van der Waals surface area contributed by atoms with Crippen molar-refractivity contribution in [1.82, 2.24) is 9.71 Å². The van der Waals surface area contributed by atoms with E-state index in [1.807, 2.05) is 12.1 Å². The Morgan fingerprint density at radius 3 is 2.82 bits per heavy atom. The molecule has 1 saturated carbocycles. The second kappa shape index (κ2) is 4.16. The molecule has 1 aliphatic rings. The van der Waals surface area contributed by atoms with Gasteiger partial charge in [-0.25, -0.2) is 4.98 Å². The molecule has 1 N–H and O–H groups in total. The predicted molar refractivity (Wildman–Crippen MR) is 73.4 cm³/mol. The summed E-state index contributed by atoms with van der Waals surface area (Å²) in [6.45, 7) is 2.25. The van der Waals surface area contributed by atoms with Gasteiger partial charge in [0.25, 0.3) is 0 Å². The summed E-state index contributed by atoms with van der Waals surface area (Å²) in [6, 6.07) is 10.1. The maximum Gasteiger partial charge on any atom is 0.129 e. The quantitative estimate of drug-likeness (QED) is 0.669. The number of aromatic nitrogens is 1. The summed E-state index contributed by atoms with van der Waals surface area (Å²) in [5.41, 5.74) is 1.28. The molecule has 2 nitrogen and oxygen atoms in total. The van der Waals surface area contributed by atoms with Crippen molar-refractivity contribution in [3.8, 4) is 0 Å². The Balaban J connectivity index is 1.85. The monoisotopic (exact) mass is 264 g/mol. The van der Waals surface area contributed by atoms with Crippen LogP contribution in [-0.4, -0.2) is 10.5 Å². The Labute approximate surface area is 110 Å². The molecule has 0 spiro atoms. The van der Waals surface area contributed by atoms with Crippen LogP contribution in [-0.2, 0) is 0 Å². The van der Waals surface area contributed by atoms with Gasteiger partial charge in [-0.05, 0) is 56.0 Å². The van der Waals surface area contributed by atoms with Crippen LogP contribution in [0.5, 0.6) is 0 Å². The van der Waals surface area contributed by atoms with E-state index in [1.54, 1.807) is 11.9 Å². The van der Waals surface area contributed by atoms with E-state index >= 15 is 0 Å². The van der Waals surface area contributed by atoms with Crippen LogP contribution < -0.4 is 4.72 Å². The van der Waals surface area contributed by atoms with E-state index in [9.17, 15) is 0 Å². The predicted octanol–water partition coefficient (Wildman–Crippen LogP) is 4.04. The maximum absolute atomic E-state index is 5.90. The summed E-state index contributed by atoms with van der Waals surface area (Å²) < 4.78 is 3.48. The van der Waals surface area contributed by atoms with Crippen LogP contribution in [0.15, 0.2) is 35.2 Å². The smallest absolute Gasteiger partial charge is 0.129 e.